The molecule has 0 fully saturated rings. The van der Waals surface area contributed by atoms with Crippen LogP contribution >= 0.6 is 11.6 Å². The van der Waals surface area contributed by atoms with Crippen LogP contribution in [-0.4, -0.2) is 29.9 Å². The Balaban J connectivity index is 2.72. The Morgan fingerprint density at radius 2 is 2.06 bits per heavy atom. The number of nitrogens with zero attached hydrogens (tertiary/aromatic N) is 2. The fraction of sp³-hybridized carbons (Fsp3) is 0.500. The van der Waals surface area contributed by atoms with Crippen LogP contribution in [0.3, 0.4) is 0 Å². The molecule has 0 amide bonds. The van der Waals surface area contributed by atoms with Gasteiger partial charge in [-0.25, -0.2) is 4.98 Å². The zero-order chi connectivity index (χ0) is 13.1. The highest BCUT2D eigenvalue weighted by Crippen LogP contribution is 2.22. The largest absolute Gasteiger partial charge is 0.390 e. The predicted octanol–water partition coefficient (Wildman–Crippen LogP) is 2.62. The molecule has 0 saturated carbocycles. The average molecular weight is 269 g/mol. The van der Waals surface area contributed by atoms with Gasteiger partial charge in [0.05, 0.1) is 23.7 Å². The van der Waals surface area contributed by atoms with E-state index in [0.29, 0.717) is 10.8 Å². The number of rotatable bonds is 4. The van der Waals surface area contributed by atoms with Gasteiger partial charge in [-0.1, -0.05) is 11.6 Å². The van der Waals surface area contributed by atoms with Crippen LogP contribution < -0.4 is 4.90 Å². The number of aliphatic hydroxyl groups excluding tert-OH is 1. The van der Waals surface area contributed by atoms with E-state index in [1.807, 2.05) is 0 Å². The van der Waals surface area contributed by atoms with Crippen molar-refractivity contribution in [3.05, 3.63) is 22.8 Å². The summed E-state index contributed by atoms with van der Waals surface area (Å²) >= 11 is 5.73. The van der Waals surface area contributed by atoms with E-state index >= 15 is 0 Å². The molecule has 96 valence electrons. The lowest BCUT2D eigenvalue weighted by atomic mass is 10.3. The van der Waals surface area contributed by atoms with Crippen molar-refractivity contribution in [1.29, 1.82) is 0 Å². The maximum Gasteiger partial charge on any atom is 0.390 e. The molecular weight excluding hydrogens is 257 g/mol. The Hall–Kier alpha value is -1.01. The van der Waals surface area contributed by atoms with Gasteiger partial charge in [-0.05, 0) is 12.1 Å². The van der Waals surface area contributed by atoms with Crippen LogP contribution in [0.5, 0.6) is 0 Å². The first-order valence-corrected chi connectivity index (χ1v) is 5.25. The minimum atomic E-state index is -4.19. The first-order chi connectivity index (χ1) is 7.83. The van der Waals surface area contributed by atoms with Crippen molar-refractivity contribution in [3.63, 3.8) is 0 Å². The summed E-state index contributed by atoms with van der Waals surface area (Å²) in [6, 6.07) is 3.01. The van der Waals surface area contributed by atoms with E-state index < -0.39 is 12.6 Å². The number of anilines is 1. The third-order valence-corrected chi connectivity index (χ3v) is 2.52. The highest BCUT2D eigenvalue weighted by molar-refractivity contribution is 6.31. The third kappa shape index (κ3) is 4.40. The Morgan fingerprint density at radius 1 is 1.41 bits per heavy atom. The maximum absolute atomic E-state index is 12.0. The third-order valence-electron chi connectivity index (χ3n) is 2.18. The molecular formula is C10H12ClF3N2O. The van der Waals surface area contributed by atoms with Crippen LogP contribution in [-0.2, 0) is 6.61 Å². The molecule has 0 bridgehead atoms. The number of hydrogen-bond donors (Lipinski definition) is 1. The predicted molar refractivity (Wildman–Crippen MR) is 59.1 cm³/mol. The summed E-state index contributed by atoms with van der Waals surface area (Å²) in [4.78, 5) is 5.33. The summed E-state index contributed by atoms with van der Waals surface area (Å²) in [6.45, 7) is -0.539. The van der Waals surface area contributed by atoms with Crippen molar-refractivity contribution in [1.82, 2.24) is 4.98 Å². The summed E-state index contributed by atoms with van der Waals surface area (Å²) in [5, 5.41) is 9.23. The topological polar surface area (TPSA) is 36.4 Å². The van der Waals surface area contributed by atoms with Crippen LogP contribution in [0.25, 0.3) is 0 Å². The zero-order valence-corrected chi connectivity index (χ0v) is 9.89. The fourth-order valence-corrected chi connectivity index (χ4v) is 1.37. The van der Waals surface area contributed by atoms with E-state index in [1.165, 1.54) is 24.1 Å². The lowest BCUT2D eigenvalue weighted by Gasteiger charge is -2.19. The first kappa shape index (κ1) is 14.1. The quantitative estimate of drug-likeness (QED) is 0.912. The molecule has 0 aliphatic rings. The van der Waals surface area contributed by atoms with Crippen LogP contribution in [0.4, 0.5) is 19.0 Å². The fourth-order valence-electron chi connectivity index (χ4n) is 1.21. The van der Waals surface area contributed by atoms with Gasteiger partial charge in [0.1, 0.15) is 5.82 Å². The highest BCUT2D eigenvalue weighted by Gasteiger charge is 2.27. The number of pyridine rings is 1. The van der Waals surface area contributed by atoms with Crippen LogP contribution in [0, 0.1) is 0 Å². The van der Waals surface area contributed by atoms with Crippen LogP contribution in [0.15, 0.2) is 12.1 Å². The minimum Gasteiger partial charge on any atom is -0.390 e. The smallest absolute Gasteiger partial charge is 0.390 e. The monoisotopic (exact) mass is 268 g/mol. The normalized spacial score (nSPS) is 11.6. The van der Waals surface area contributed by atoms with E-state index in [1.54, 1.807) is 0 Å². The zero-order valence-electron chi connectivity index (χ0n) is 9.13. The van der Waals surface area contributed by atoms with Crippen LogP contribution in [0.1, 0.15) is 12.1 Å². The van der Waals surface area contributed by atoms with Crippen molar-refractivity contribution < 1.29 is 18.3 Å². The van der Waals surface area contributed by atoms with Gasteiger partial charge >= 0.3 is 6.18 Å². The molecule has 0 unspecified atom stereocenters. The van der Waals surface area contributed by atoms with Gasteiger partial charge in [-0.15, -0.1) is 0 Å². The summed E-state index contributed by atoms with van der Waals surface area (Å²) in [6.07, 6.45) is -5.11. The standard InChI is InChI=1S/C10H12ClF3N2O/c1-16(5-4-10(12,13)14)9-3-2-7(11)8(6-17)15-9/h2-3,17H,4-6H2,1H3. The van der Waals surface area contributed by atoms with Gasteiger partial charge in [0.15, 0.2) is 0 Å². The second-order valence-corrected chi connectivity index (χ2v) is 3.95. The van der Waals surface area contributed by atoms with E-state index in [4.69, 9.17) is 16.7 Å². The molecule has 0 aromatic carbocycles. The van der Waals surface area contributed by atoms with E-state index in [0.717, 1.165) is 0 Å². The molecule has 1 aromatic heterocycles. The highest BCUT2D eigenvalue weighted by atomic mass is 35.5. The molecule has 1 N–H and O–H groups in total. The van der Waals surface area contributed by atoms with Gasteiger partial charge in [0.2, 0.25) is 0 Å². The minimum absolute atomic E-state index is 0.191. The van der Waals surface area contributed by atoms with Crippen LogP contribution in [0.2, 0.25) is 5.02 Å². The van der Waals surface area contributed by atoms with Crippen molar-refractivity contribution in [3.8, 4) is 0 Å². The van der Waals surface area contributed by atoms with E-state index in [2.05, 4.69) is 4.98 Å². The summed E-state index contributed by atoms with van der Waals surface area (Å²) in [5.74, 6) is 0.350. The molecule has 3 nitrogen and oxygen atoms in total. The van der Waals surface area contributed by atoms with Crippen molar-refractivity contribution >= 4 is 17.4 Å². The Kier molecular flexibility index (Phi) is 4.59. The molecule has 0 atom stereocenters. The molecule has 0 spiro atoms. The number of aliphatic hydroxyl groups is 1. The molecule has 1 rings (SSSR count). The molecule has 17 heavy (non-hydrogen) atoms. The van der Waals surface area contributed by atoms with Crippen molar-refractivity contribution in [2.45, 2.75) is 19.2 Å². The molecule has 1 aromatic rings. The van der Waals surface area contributed by atoms with Gasteiger partial charge in [-0.3, -0.25) is 0 Å². The average Bonchev–Trinajstić information content (AvgIpc) is 2.25. The first-order valence-electron chi connectivity index (χ1n) is 4.87. The Labute approximate surface area is 102 Å². The lowest BCUT2D eigenvalue weighted by Crippen LogP contribution is -2.25. The molecule has 7 heteroatoms. The lowest BCUT2D eigenvalue weighted by molar-refractivity contribution is -0.132. The summed E-state index contributed by atoms with van der Waals surface area (Å²) in [5.41, 5.74) is 0.253. The van der Waals surface area contributed by atoms with Gasteiger partial charge in [0.25, 0.3) is 0 Å². The molecule has 0 saturated heterocycles. The van der Waals surface area contributed by atoms with Gasteiger partial charge < -0.3 is 10.0 Å². The molecule has 1 heterocycles. The van der Waals surface area contributed by atoms with Gasteiger partial charge in [0, 0.05) is 13.6 Å². The van der Waals surface area contributed by atoms with Crippen molar-refractivity contribution in [2.24, 2.45) is 0 Å². The summed E-state index contributed by atoms with van der Waals surface area (Å²) < 4.78 is 36.1. The summed E-state index contributed by atoms with van der Waals surface area (Å²) in [7, 11) is 1.50. The number of alkyl halides is 3. The van der Waals surface area contributed by atoms with Gasteiger partial charge in [-0.2, -0.15) is 13.2 Å². The number of aromatic nitrogens is 1. The second kappa shape index (κ2) is 5.55. The number of halogens is 4. The Bertz CT molecular complexity index is 384. The SMILES string of the molecule is CN(CCC(F)(F)F)c1ccc(Cl)c(CO)n1. The second-order valence-electron chi connectivity index (χ2n) is 3.54. The van der Waals surface area contributed by atoms with Crippen molar-refractivity contribution in [2.75, 3.05) is 18.5 Å². The number of hydrogen-bond acceptors (Lipinski definition) is 3. The maximum atomic E-state index is 12.0. The molecule has 0 aliphatic carbocycles. The van der Waals surface area contributed by atoms with E-state index in [9.17, 15) is 13.2 Å². The van der Waals surface area contributed by atoms with E-state index in [-0.39, 0.29) is 18.8 Å². The molecule has 0 aliphatic heterocycles. The molecule has 0 radical (unpaired) electrons. The Morgan fingerprint density at radius 3 is 2.59 bits per heavy atom.